The third kappa shape index (κ3) is 2.54. The fourth-order valence-corrected chi connectivity index (χ4v) is 0.857. The highest BCUT2D eigenvalue weighted by Gasteiger charge is 1.99. The molecule has 11 heavy (non-hydrogen) atoms. The van der Waals surface area contributed by atoms with Crippen molar-refractivity contribution in [2.24, 2.45) is 4.99 Å². The summed E-state index contributed by atoms with van der Waals surface area (Å²) in [5.41, 5.74) is 3.00. The molecule has 0 aliphatic carbocycles. The monoisotopic (exact) mass is 149 g/mol. The van der Waals surface area contributed by atoms with Gasteiger partial charge in [0, 0.05) is 12.8 Å². The third-order valence-electron chi connectivity index (χ3n) is 1.61. The van der Waals surface area contributed by atoms with E-state index in [1.165, 1.54) is 0 Å². The average Bonchev–Trinajstić information content (AvgIpc) is 2.05. The van der Waals surface area contributed by atoms with Crippen molar-refractivity contribution >= 4 is 5.71 Å². The highest BCUT2D eigenvalue weighted by molar-refractivity contribution is 6.02. The van der Waals surface area contributed by atoms with Crippen LogP contribution in [0.1, 0.15) is 13.8 Å². The van der Waals surface area contributed by atoms with Crippen molar-refractivity contribution in [3.63, 3.8) is 0 Å². The molecule has 0 aromatic heterocycles. The van der Waals surface area contributed by atoms with Crippen LogP contribution in [-0.4, -0.2) is 12.8 Å². The van der Waals surface area contributed by atoms with Crippen LogP contribution in [-0.2, 0) is 0 Å². The van der Waals surface area contributed by atoms with Crippen LogP contribution in [0.5, 0.6) is 0 Å². The van der Waals surface area contributed by atoms with Gasteiger partial charge in [-0.15, -0.1) is 0 Å². The molecular formula is C10H15N. The number of allylic oxidation sites excluding steroid dienone is 4. The molecule has 0 aromatic rings. The van der Waals surface area contributed by atoms with Gasteiger partial charge in [-0.25, -0.2) is 0 Å². The van der Waals surface area contributed by atoms with Gasteiger partial charge in [-0.2, -0.15) is 0 Å². The van der Waals surface area contributed by atoms with Gasteiger partial charge in [0.15, 0.2) is 0 Å². The van der Waals surface area contributed by atoms with E-state index < -0.39 is 0 Å². The van der Waals surface area contributed by atoms with Crippen molar-refractivity contribution < 1.29 is 0 Å². The van der Waals surface area contributed by atoms with Gasteiger partial charge in [-0.1, -0.05) is 25.3 Å². The summed E-state index contributed by atoms with van der Waals surface area (Å²) in [7, 11) is 1.77. The number of rotatable bonds is 3. The summed E-state index contributed by atoms with van der Waals surface area (Å²) >= 11 is 0. The van der Waals surface area contributed by atoms with E-state index in [2.05, 4.69) is 18.2 Å². The van der Waals surface area contributed by atoms with Gasteiger partial charge < -0.3 is 0 Å². The summed E-state index contributed by atoms with van der Waals surface area (Å²) in [6, 6.07) is 0. The van der Waals surface area contributed by atoms with E-state index in [1.54, 1.807) is 13.1 Å². The summed E-state index contributed by atoms with van der Waals surface area (Å²) in [5.74, 6) is 0. The van der Waals surface area contributed by atoms with Gasteiger partial charge in [0.2, 0.25) is 0 Å². The summed E-state index contributed by atoms with van der Waals surface area (Å²) in [5, 5.41) is 0. The first-order valence-corrected chi connectivity index (χ1v) is 3.59. The minimum Gasteiger partial charge on any atom is -0.293 e. The van der Waals surface area contributed by atoms with Gasteiger partial charge in [-0.3, -0.25) is 4.99 Å². The first-order chi connectivity index (χ1) is 5.17. The lowest BCUT2D eigenvalue weighted by molar-refractivity contribution is 1.39. The SMILES string of the molecule is C=CC(=C)C(=C/C)/C(C)=N\C. The standard InChI is InChI=1S/C10H15N/c1-6-8(3)10(7-2)9(4)11-5/h6-7H,1,3H2,2,4-5H3/b10-7-,11-9-. The third-order valence-corrected chi connectivity index (χ3v) is 1.61. The van der Waals surface area contributed by atoms with Crippen LogP contribution in [0.2, 0.25) is 0 Å². The average molecular weight is 149 g/mol. The molecule has 0 saturated carbocycles. The Bertz CT molecular complexity index is 215. The molecule has 1 heteroatoms. The van der Waals surface area contributed by atoms with Crippen LogP contribution in [0.3, 0.4) is 0 Å². The van der Waals surface area contributed by atoms with Crippen LogP contribution < -0.4 is 0 Å². The van der Waals surface area contributed by atoms with Gasteiger partial charge >= 0.3 is 0 Å². The zero-order valence-corrected chi connectivity index (χ0v) is 7.52. The van der Waals surface area contributed by atoms with Crippen LogP contribution in [0.25, 0.3) is 0 Å². The van der Waals surface area contributed by atoms with Gasteiger partial charge in [0.25, 0.3) is 0 Å². The summed E-state index contributed by atoms with van der Waals surface area (Å²) in [6.45, 7) is 11.4. The molecule has 0 aliphatic rings. The maximum atomic E-state index is 4.07. The Hall–Kier alpha value is -1.11. The summed E-state index contributed by atoms with van der Waals surface area (Å²) < 4.78 is 0. The Balaban J connectivity index is 4.71. The molecule has 0 spiro atoms. The molecule has 0 unspecified atom stereocenters. The minimum atomic E-state index is 0.926. The Kier molecular flexibility index (Phi) is 4.20. The highest BCUT2D eigenvalue weighted by Crippen LogP contribution is 2.10. The van der Waals surface area contributed by atoms with Crippen molar-refractivity contribution in [2.75, 3.05) is 7.05 Å². The molecule has 0 radical (unpaired) electrons. The molecule has 0 atom stereocenters. The second kappa shape index (κ2) is 4.67. The van der Waals surface area contributed by atoms with Gasteiger partial charge in [0.1, 0.15) is 0 Å². The van der Waals surface area contributed by atoms with Gasteiger partial charge in [0.05, 0.1) is 0 Å². The molecule has 0 heterocycles. The smallest absolute Gasteiger partial charge is 0.0388 e. The van der Waals surface area contributed by atoms with Crippen molar-refractivity contribution in [3.8, 4) is 0 Å². The quantitative estimate of drug-likeness (QED) is 0.432. The fraction of sp³-hybridized carbons (Fsp3) is 0.300. The maximum absolute atomic E-state index is 4.07. The lowest BCUT2D eigenvalue weighted by atomic mass is 10.0. The predicted octanol–water partition coefficient (Wildman–Crippen LogP) is 2.77. The number of nitrogens with zero attached hydrogens (tertiary/aromatic N) is 1. The van der Waals surface area contributed by atoms with Gasteiger partial charge in [-0.05, 0) is 25.0 Å². The first-order valence-electron chi connectivity index (χ1n) is 3.59. The Labute approximate surface area is 68.9 Å². The van der Waals surface area contributed by atoms with Crippen molar-refractivity contribution in [2.45, 2.75) is 13.8 Å². The Morgan fingerprint density at radius 2 is 2.00 bits per heavy atom. The van der Waals surface area contributed by atoms with Crippen LogP contribution >= 0.6 is 0 Å². The highest BCUT2D eigenvalue weighted by atomic mass is 14.7. The maximum Gasteiger partial charge on any atom is 0.0388 e. The second-order valence-electron chi connectivity index (χ2n) is 2.24. The molecule has 0 bridgehead atoms. The fourth-order valence-electron chi connectivity index (χ4n) is 0.857. The summed E-state index contributed by atoms with van der Waals surface area (Å²) in [6.07, 6.45) is 3.73. The zero-order chi connectivity index (χ0) is 8.85. The topological polar surface area (TPSA) is 12.4 Å². The van der Waals surface area contributed by atoms with E-state index in [1.807, 2.05) is 19.9 Å². The normalized spacial score (nSPS) is 13.0. The van der Waals surface area contributed by atoms with E-state index in [9.17, 15) is 0 Å². The van der Waals surface area contributed by atoms with E-state index in [0.29, 0.717) is 0 Å². The molecular weight excluding hydrogens is 134 g/mol. The molecule has 0 rings (SSSR count). The van der Waals surface area contributed by atoms with Crippen molar-refractivity contribution in [3.05, 3.63) is 36.5 Å². The van der Waals surface area contributed by atoms with Crippen molar-refractivity contribution in [1.82, 2.24) is 0 Å². The first kappa shape index (κ1) is 9.89. The molecule has 0 saturated heterocycles. The Morgan fingerprint density at radius 3 is 2.27 bits per heavy atom. The molecule has 0 amide bonds. The number of hydrogen-bond acceptors (Lipinski definition) is 1. The molecule has 0 aromatic carbocycles. The molecule has 0 fully saturated rings. The molecule has 0 aliphatic heterocycles. The van der Waals surface area contributed by atoms with E-state index in [0.717, 1.165) is 16.9 Å². The zero-order valence-electron chi connectivity index (χ0n) is 7.52. The van der Waals surface area contributed by atoms with E-state index >= 15 is 0 Å². The minimum absolute atomic E-state index is 0.926. The Morgan fingerprint density at radius 1 is 1.45 bits per heavy atom. The summed E-state index contributed by atoms with van der Waals surface area (Å²) in [4.78, 5) is 4.07. The lowest BCUT2D eigenvalue weighted by Gasteiger charge is -2.04. The number of hydrogen-bond donors (Lipinski definition) is 0. The largest absolute Gasteiger partial charge is 0.293 e. The second-order valence-corrected chi connectivity index (χ2v) is 2.24. The molecule has 60 valence electrons. The van der Waals surface area contributed by atoms with Crippen LogP contribution in [0.15, 0.2) is 41.4 Å². The van der Waals surface area contributed by atoms with Crippen LogP contribution in [0.4, 0.5) is 0 Å². The van der Waals surface area contributed by atoms with E-state index in [-0.39, 0.29) is 0 Å². The predicted molar refractivity (Wildman–Crippen MR) is 52.1 cm³/mol. The lowest BCUT2D eigenvalue weighted by Crippen LogP contribution is -1.97. The van der Waals surface area contributed by atoms with Crippen molar-refractivity contribution in [1.29, 1.82) is 0 Å². The number of aliphatic imine (C=N–C) groups is 1. The van der Waals surface area contributed by atoms with E-state index in [4.69, 9.17) is 0 Å². The van der Waals surface area contributed by atoms with Crippen LogP contribution in [0, 0.1) is 0 Å². The molecule has 1 nitrogen and oxygen atoms in total. The molecule has 0 N–H and O–H groups in total.